The van der Waals surface area contributed by atoms with Gasteiger partial charge >= 0.3 is 0 Å². The maximum atomic E-state index is 11.0. The molecular formula is C19H35NO. The maximum absolute atomic E-state index is 11.0. The fourth-order valence-electron chi connectivity index (χ4n) is 3.52. The van der Waals surface area contributed by atoms with Gasteiger partial charge in [-0.15, -0.1) is 0 Å². The summed E-state index contributed by atoms with van der Waals surface area (Å²) in [7, 11) is 0. The maximum Gasteiger partial charge on any atom is 0.243 e. The molecule has 1 aliphatic rings. The molecule has 0 aromatic carbocycles. The fourth-order valence-corrected chi connectivity index (χ4v) is 3.52. The van der Waals surface area contributed by atoms with E-state index in [9.17, 15) is 4.79 Å². The normalized spacial score (nSPS) is 22.0. The first-order valence-corrected chi connectivity index (χ1v) is 9.16. The van der Waals surface area contributed by atoms with Gasteiger partial charge in [0.2, 0.25) is 5.91 Å². The molecule has 2 nitrogen and oxygen atoms in total. The highest BCUT2D eigenvalue weighted by molar-refractivity contribution is 5.86. The molecule has 0 aromatic heterocycles. The van der Waals surface area contributed by atoms with Gasteiger partial charge in [-0.1, -0.05) is 77.7 Å². The Bertz CT molecular complexity index is 279. The smallest absolute Gasteiger partial charge is 0.243 e. The van der Waals surface area contributed by atoms with E-state index in [1.165, 1.54) is 76.7 Å². The van der Waals surface area contributed by atoms with Crippen molar-refractivity contribution in [3.8, 4) is 0 Å². The van der Waals surface area contributed by atoms with Crippen LogP contribution in [0.4, 0.5) is 0 Å². The van der Waals surface area contributed by atoms with Crippen LogP contribution in [0.2, 0.25) is 0 Å². The molecule has 0 saturated heterocycles. The van der Waals surface area contributed by atoms with Crippen molar-refractivity contribution in [2.45, 2.75) is 84.0 Å². The van der Waals surface area contributed by atoms with Crippen LogP contribution in [0.1, 0.15) is 84.0 Å². The molecule has 2 heteroatoms. The topological polar surface area (TPSA) is 29.1 Å². The second-order valence-corrected chi connectivity index (χ2v) is 6.73. The highest BCUT2D eigenvalue weighted by Crippen LogP contribution is 2.34. The number of carbonyl (C=O) groups is 1. The average molecular weight is 293 g/mol. The van der Waals surface area contributed by atoms with Crippen molar-refractivity contribution in [2.24, 2.45) is 11.8 Å². The van der Waals surface area contributed by atoms with Gasteiger partial charge in [0.1, 0.15) is 0 Å². The van der Waals surface area contributed by atoms with Crippen molar-refractivity contribution in [2.75, 3.05) is 6.54 Å². The van der Waals surface area contributed by atoms with Crippen LogP contribution >= 0.6 is 0 Å². The monoisotopic (exact) mass is 293 g/mol. The highest BCUT2D eigenvalue weighted by Gasteiger charge is 2.20. The Balaban J connectivity index is 1.96. The molecular weight excluding hydrogens is 258 g/mol. The third-order valence-corrected chi connectivity index (χ3v) is 4.96. The molecule has 1 saturated carbocycles. The van der Waals surface area contributed by atoms with Gasteiger partial charge in [0.25, 0.3) is 0 Å². The van der Waals surface area contributed by atoms with Crippen LogP contribution in [0.25, 0.3) is 0 Å². The molecule has 1 amide bonds. The minimum Gasteiger partial charge on any atom is -0.353 e. The summed E-state index contributed by atoms with van der Waals surface area (Å²) in [5.41, 5.74) is 0. The number of carbonyl (C=O) groups excluding carboxylic acids is 1. The van der Waals surface area contributed by atoms with Gasteiger partial charge in [0.15, 0.2) is 0 Å². The van der Waals surface area contributed by atoms with Crippen LogP contribution in [-0.4, -0.2) is 12.5 Å². The van der Waals surface area contributed by atoms with E-state index < -0.39 is 0 Å². The molecule has 0 heterocycles. The Hall–Kier alpha value is -0.790. The van der Waals surface area contributed by atoms with Crippen LogP contribution in [0.5, 0.6) is 0 Å². The number of hydrogen-bond donors (Lipinski definition) is 1. The predicted molar refractivity (Wildman–Crippen MR) is 91.3 cm³/mol. The molecule has 0 spiro atoms. The van der Waals surface area contributed by atoms with Crippen LogP contribution < -0.4 is 5.32 Å². The molecule has 0 radical (unpaired) electrons. The lowest BCUT2D eigenvalue weighted by molar-refractivity contribution is -0.116. The van der Waals surface area contributed by atoms with E-state index in [4.69, 9.17) is 0 Å². The summed E-state index contributed by atoms with van der Waals surface area (Å²) in [6.07, 6.45) is 18.0. The zero-order chi connectivity index (χ0) is 15.3. The summed E-state index contributed by atoms with van der Waals surface area (Å²) in [5, 5.41) is 2.87. The third kappa shape index (κ3) is 8.95. The van der Waals surface area contributed by atoms with E-state index >= 15 is 0 Å². The summed E-state index contributed by atoms with van der Waals surface area (Å²) in [4.78, 5) is 11.0. The zero-order valence-electron chi connectivity index (χ0n) is 14.0. The molecule has 0 unspecified atom stereocenters. The zero-order valence-corrected chi connectivity index (χ0v) is 14.0. The predicted octanol–water partition coefficient (Wildman–Crippen LogP) is 5.24. The SMILES string of the molecule is C=CC(=O)NCCCC1CCC(CCCCCCC)CC1. The summed E-state index contributed by atoms with van der Waals surface area (Å²) >= 11 is 0. The van der Waals surface area contributed by atoms with Crippen molar-refractivity contribution in [1.29, 1.82) is 0 Å². The number of rotatable bonds is 11. The molecule has 122 valence electrons. The van der Waals surface area contributed by atoms with Crippen molar-refractivity contribution < 1.29 is 4.79 Å². The lowest BCUT2D eigenvalue weighted by Crippen LogP contribution is -2.23. The Morgan fingerprint density at radius 3 is 2.14 bits per heavy atom. The van der Waals surface area contributed by atoms with E-state index in [1.807, 2.05) is 0 Å². The van der Waals surface area contributed by atoms with E-state index in [-0.39, 0.29) is 5.91 Å². The van der Waals surface area contributed by atoms with Gasteiger partial charge in [-0.05, 0) is 30.8 Å². The molecule has 0 atom stereocenters. The molecule has 1 fully saturated rings. The van der Waals surface area contributed by atoms with Crippen LogP contribution in [-0.2, 0) is 4.79 Å². The van der Waals surface area contributed by atoms with Crippen LogP contribution in [0.3, 0.4) is 0 Å². The van der Waals surface area contributed by atoms with E-state index in [2.05, 4.69) is 18.8 Å². The summed E-state index contributed by atoms with van der Waals surface area (Å²) in [6, 6.07) is 0. The number of nitrogens with one attached hydrogen (secondary N) is 1. The molecule has 1 rings (SSSR count). The van der Waals surface area contributed by atoms with Gasteiger partial charge in [0, 0.05) is 6.54 Å². The van der Waals surface area contributed by atoms with Gasteiger partial charge in [-0.3, -0.25) is 4.79 Å². The molecule has 0 bridgehead atoms. The van der Waals surface area contributed by atoms with Gasteiger partial charge in [-0.2, -0.15) is 0 Å². The molecule has 0 aliphatic heterocycles. The van der Waals surface area contributed by atoms with E-state index in [1.54, 1.807) is 0 Å². The minimum absolute atomic E-state index is 0.0400. The van der Waals surface area contributed by atoms with Crippen molar-refractivity contribution >= 4 is 5.91 Å². The summed E-state index contributed by atoms with van der Waals surface area (Å²) in [6.45, 7) is 6.56. The largest absolute Gasteiger partial charge is 0.353 e. The third-order valence-electron chi connectivity index (χ3n) is 4.96. The first-order chi connectivity index (χ1) is 10.3. The standard InChI is InChI=1S/C19H35NO/c1-3-5-6-7-8-10-17-12-14-18(15-13-17)11-9-16-20-19(21)4-2/h4,17-18H,2-3,5-16H2,1H3,(H,20,21). The summed E-state index contributed by atoms with van der Waals surface area (Å²) < 4.78 is 0. The molecule has 1 N–H and O–H groups in total. The Morgan fingerprint density at radius 1 is 1.00 bits per heavy atom. The molecule has 0 aromatic rings. The Kier molecular flexibility index (Phi) is 10.3. The number of amides is 1. The second kappa shape index (κ2) is 11.8. The summed E-state index contributed by atoms with van der Waals surface area (Å²) in [5.74, 6) is 1.87. The Morgan fingerprint density at radius 2 is 1.57 bits per heavy atom. The lowest BCUT2D eigenvalue weighted by atomic mass is 9.78. The van der Waals surface area contributed by atoms with E-state index in [0.29, 0.717) is 0 Å². The minimum atomic E-state index is -0.0400. The number of unbranched alkanes of at least 4 members (excludes halogenated alkanes) is 4. The first-order valence-electron chi connectivity index (χ1n) is 9.16. The van der Waals surface area contributed by atoms with Crippen LogP contribution in [0.15, 0.2) is 12.7 Å². The fraction of sp³-hybridized carbons (Fsp3) is 0.842. The van der Waals surface area contributed by atoms with Crippen LogP contribution in [0, 0.1) is 11.8 Å². The number of hydrogen-bond acceptors (Lipinski definition) is 1. The van der Waals surface area contributed by atoms with Crippen molar-refractivity contribution in [1.82, 2.24) is 5.32 Å². The Labute approximate surface area is 131 Å². The quantitative estimate of drug-likeness (QED) is 0.410. The van der Waals surface area contributed by atoms with Crippen molar-refractivity contribution in [3.63, 3.8) is 0 Å². The lowest BCUT2D eigenvalue weighted by Gasteiger charge is -2.28. The van der Waals surface area contributed by atoms with Gasteiger partial charge < -0.3 is 5.32 Å². The highest BCUT2D eigenvalue weighted by atomic mass is 16.1. The van der Waals surface area contributed by atoms with Gasteiger partial charge in [-0.25, -0.2) is 0 Å². The molecule has 21 heavy (non-hydrogen) atoms. The second-order valence-electron chi connectivity index (χ2n) is 6.73. The van der Waals surface area contributed by atoms with E-state index in [0.717, 1.165) is 24.8 Å². The first kappa shape index (κ1) is 18.3. The van der Waals surface area contributed by atoms with Crippen molar-refractivity contribution in [3.05, 3.63) is 12.7 Å². The van der Waals surface area contributed by atoms with Gasteiger partial charge in [0.05, 0.1) is 0 Å². The molecule has 1 aliphatic carbocycles. The average Bonchev–Trinajstić information content (AvgIpc) is 2.52.